The Morgan fingerprint density at radius 3 is 2.21 bits per heavy atom. The van der Waals surface area contributed by atoms with Crippen molar-refractivity contribution in [1.29, 1.82) is 0 Å². The van der Waals surface area contributed by atoms with Gasteiger partial charge < -0.3 is 10.6 Å². The Morgan fingerprint density at radius 2 is 1.61 bits per heavy atom. The van der Waals surface area contributed by atoms with Gasteiger partial charge in [0.1, 0.15) is 5.82 Å². The number of benzene rings is 2. The van der Waals surface area contributed by atoms with Gasteiger partial charge in [0.25, 0.3) is 5.91 Å². The minimum absolute atomic E-state index is 0.0128. The molecular weight excluding hydrogens is 374 g/mol. The molecule has 3 rings (SSSR count). The summed E-state index contributed by atoms with van der Waals surface area (Å²) in [6.45, 7) is 2.23. The fourth-order valence-corrected chi connectivity index (χ4v) is 2.74. The van der Waals surface area contributed by atoms with Gasteiger partial charge in [-0.25, -0.2) is 4.98 Å². The number of pyridine rings is 1. The van der Waals surface area contributed by atoms with Crippen molar-refractivity contribution in [2.24, 2.45) is 0 Å². The van der Waals surface area contributed by atoms with E-state index in [0.717, 1.165) is 18.0 Å². The molecule has 6 heteroatoms. The molecule has 2 N–H and O–H groups in total. The van der Waals surface area contributed by atoms with Crippen LogP contribution in [0.4, 0.5) is 11.5 Å². The number of amides is 1. The highest BCUT2D eigenvalue weighted by Crippen LogP contribution is 2.13. The monoisotopic (exact) mass is 393 g/mol. The number of Topliss-reactive ketones (excluding diaryl/α,β-unsaturated/α-hetero) is 1. The number of anilines is 2. The molecule has 1 heterocycles. The summed E-state index contributed by atoms with van der Waals surface area (Å²) in [7, 11) is 0. The highest BCUT2D eigenvalue weighted by atomic mass is 35.5. The molecule has 0 bridgehead atoms. The second-order valence-electron chi connectivity index (χ2n) is 6.32. The van der Waals surface area contributed by atoms with Gasteiger partial charge >= 0.3 is 0 Å². The Kier molecular flexibility index (Phi) is 6.40. The molecule has 0 saturated carbocycles. The van der Waals surface area contributed by atoms with E-state index < -0.39 is 0 Å². The molecule has 2 aromatic carbocycles. The summed E-state index contributed by atoms with van der Waals surface area (Å²) in [6, 6.07) is 18.0. The Balaban J connectivity index is 1.52. The van der Waals surface area contributed by atoms with Gasteiger partial charge in [0.2, 0.25) is 0 Å². The van der Waals surface area contributed by atoms with Crippen LogP contribution in [-0.2, 0) is 6.42 Å². The van der Waals surface area contributed by atoms with Crippen LogP contribution < -0.4 is 10.6 Å². The number of aromatic nitrogens is 1. The first-order valence-corrected chi connectivity index (χ1v) is 9.26. The van der Waals surface area contributed by atoms with Crippen molar-refractivity contribution in [3.8, 4) is 0 Å². The third-order valence-corrected chi connectivity index (χ3v) is 4.46. The molecule has 1 aromatic heterocycles. The molecule has 0 radical (unpaired) electrons. The van der Waals surface area contributed by atoms with Crippen molar-refractivity contribution in [2.75, 3.05) is 17.2 Å². The average Bonchev–Trinajstić information content (AvgIpc) is 2.70. The predicted molar refractivity (Wildman–Crippen MR) is 112 cm³/mol. The number of nitrogens with zero attached hydrogens (tertiary/aromatic N) is 1. The summed E-state index contributed by atoms with van der Waals surface area (Å²) in [5.41, 5.74) is 2.87. The number of hydrogen-bond acceptors (Lipinski definition) is 4. The predicted octanol–water partition coefficient (Wildman–Crippen LogP) is 4.84. The number of halogens is 1. The average molecular weight is 394 g/mol. The summed E-state index contributed by atoms with van der Waals surface area (Å²) in [5.74, 6) is 0.438. The van der Waals surface area contributed by atoms with Gasteiger partial charge in [-0.15, -0.1) is 0 Å². The lowest BCUT2D eigenvalue weighted by Crippen LogP contribution is -2.13. The van der Waals surface area contributed by atoms with E-state index in [2.05, 4.69) is 15.6 Å². The standard InChI is InChI=1S/C22H20ClN3O2/c1-15(27)17-4-9-20(10-5-17)26-22(28)18-6-11-21(25-14-18)24-13-12-16-2-7-19(23)8-3-16/h2-11,14H,12-13H2,1H3,(H,24,25)(H,26,28). The minimum atomic E-state index is -0.254. The topological polar surface area (TPSA) is 71.1 Å². The Hall–Kier alpha value is -3.18. The first-order chi connectivity index (χ1) is 13.5. The molecule has 0 aliphatic heterocycles. The maximum atomic E-state index is 12.3. The van der Waals surface area contributed by atoms with Gasteiger partial charge in [-0.1, -0.05) is 23.7 Å². The Labute approximate surface area is 168 Å². The molecule has 0 unspecified atom stereocenters. The largest absolute Gasteiger partial charge is 0.370 e. The first kappa shape index (κ1) is 19.6. The molecule has 28 heavy (non-hydrogen) atoms. The van der Waals surface area contributed by atoms with Crippen LogP contribution in [0.1, 0.15) is 33.2 Å². The van der Waals surface area contributed by atoms with E-state index in [1.54, 1.807) is 36.4 Å². The summed E-state index contributed by atoms with van der Waals surface area (Å²) in [5, 5.41) is 6.75. The van der Waals surface area contributed by atoms with E-state index in [4.69, 9.17) is 11.6 Å². The number of carbonyl (C=O) groups excluding carboxylic acids is 2. The van der Waals surface area contributed by atoms with Crippen molar-refractivity contribution in [3.63, 3.8) is 0 Å². The highest BCUT2D eigenvalue weighted by Gasteiger charge is 2.07. The molecule has 0 fully saturated rings. The van der Waals surface area contributed by atoms with Crippen molar-refractivity contribution in [3.05, 3.63) is 88.6 Å². The first-order valence-electron chi connectivity index (χ1n) is 8.88. The SMILES string of the molecule is CC(=O)c1ccc(NC(=O)c2ccc(NCCc3ccc(Cl)cc3)nc2)cc1. The molecule has 3 aromatic rings. The molecule has 0 aliphatic carbocycles. The fourth-order valence-electron chi connectivity index (χ4n) is 2.61. The molecule has 142 valence electrons. The zero-order valence-electron chi connectivity index (χ0n) is 15.4. The van der Waals surface area contributed by atoms with Gasteiger partial charge in [0.05, 0.1) is 5.56 Å². The summed E-state index contributed by atoms with van der Waals surface area (Å²) < 4.78 is 0. The van der Waals surface area contributed by atoms with Crippen LogP contribution >= 0.6 is 11.6 Å². The van der Waals surface area contributed by atoms with Crippen LogP contribution in [0.3, 0.4) is 0 Å². The van der Waals surface area contributed by atoms with Gasteiger partial charge in [0.15, 0.2) is 5.78 Å². The van der Waals surface area contributed by atoms with E-state index in [1.165, 1.54) is 18.7 Å². The second-order valence-corrected chi connectivity index (χ2v) is 6.76. The zero-order valence-corrected chi connectivity index (χ0v) is 16.2. The minimum Gasteiger partial charge on any atom is -0.370 e. The number of carbonyl (C=O) groups is 2. The summed E-state index contributed by atoms with van der Waals surface area (Å²) >= 11 is 5.88. The lowest BCUT2D eigenvalue weighted by atomic mass is 10.1. The van der Waals surface area contributed by atoms with Crippen LogP contribution in [0.5, 0.6) is 0 Å². The van der Waals surface area contributed by atoms with Crippen LogP contribution in [0.2, 0.25) is 5.02 Å². The molecular formula is C22H20ClN3O2. The Morgan fingerprint density at radius 1 is 0.929 bits per heavy atom. The molecule has 0 saturated heterocycles. The third kappa shape index (κ3) is 5.41. The second kappa shape index (κ2) is 9.15. The van der Waals surface area contributed by atoms with Crippen LogP contribution in [0, 0.1) is 0 Å². The van der Waals surface area contributed by atoms with E-state index in [1.807, 2.05) is 24.3 Å². The van der Waals surface area contributed by atoms with Gasteiger partial charge in [-0.05, 0) is 67.4 Å². The van der Waals surface area contributed by atoms with Crippen molar-refractivity contribution in [1.82, 2.24) is 4.98 Å². The van der Waals surface area contributed by atoms with E-state index in [-0.39, 0.29) is 11.7 Å². The smallest absolute Gasteiger partial charge is 0.257 e. The van der Waals surface area contributed by atoms with E-state index in [0.29, 0.717) is 22.6 Å². The molecule has 5 nitrogen and oxygen atoms in total. The normalized spacial score (nSPS) is 10.4. The quantitative estimate of drug-likeness (QED) is 0.563. The number of hydrogen-bond donors (Lipinski definition) is 2. The van der Waals surface area contributed by atoms with Crippen molar-refractivity contribution >= 4 is 34.8 Å². The lowest BCUT2D eigenvalue weighted by Gasteiger charge is -2.08. The number of ketones is 1. The van der Waals surface area contributed by atoms with Crippen molar-refractivity contribution < 1.29 is 9.59 Å². The molecule has 0 aliphatic rings. The molecule has 1 amide bonds. The molecule has 0 atom stereocenters. The maximum Gasteiger partial charge on any atom is 0.257 e. The zero-order chi connectivity index (χ0) is 19.9. The van der Waals surface area contributed by atoms with Crippen LogP contribution in [0.25, 0.3) is 0 Å². The summed E-state index contributed by atoms with van der Waals surface area (Å²) in [6.07, 6.45) is 2.38. The maximum absolute atomic E-state index is 12.3. The van der Waals surface area contributed by atoms with E-state index >= 15 is 0 Å². The van der Waals surface area contributed by atoms with Crippen molar-refractivity contribution in [2.45, 2.75) is 13.3 Å². The van der Waals surface area contributed by atoms with Gasteiger partial charge in [-0.3, -0.25) is 9.59 Å². The number of nitrogens with one attached hydrogen (secondary N) is 2. The number of rotatable bonds is 7. The van der Waals surface area contributed by atoms with Gasteiger partial charge in [0, 0.05) is 29.0 Å². The Bertz CT molecular complexity index is 953. The van der Waals surface area contributed by atoms with E-state index in [9.17, 15) is 9.59 Å². The fraction of sp³-hybridized carbons (Fsp3) is 0.136. The molecule has 0 spiro atoms. The third-order valence-electron chi connectivity index (χ3n) is 4.21. The lowest BCUT2D eigenvalue weighted by molar-refractivity contribution is 0.101. The highest BCUT2D eigenvalue weighted by molar-refractivity contribution is 6.30. The van der Waals surface area contributed by atoms with Crippen LogP contribution in [-0.4, -0.2) is 23.2 Å². The summed E-state index contributed by atoms with van der Waals surface area (Å²) in [4.78, 5) is 27.9. The van der Waals surface area contributed by atoms with Gasteiger partial charge in [-0.2, -0.15) is 0 Å². The van der Waals surface area contributed by atoms with Crippen LogP contribution in [0.15, 0.2) is 66.9 Å².